The average molecular weight is 229 g/mol. The van der Waals surface area contributed by atoms with Crippen LogP contribution in [0.1, 0.15) is 21.3 Å². The van der Waals surface area contributed by atoms with Gasteiger partial charge in [0, 0.05) is 0 Å². The lowest BCUT2D eigenvalue weighted by Gasteiger charge is -1.96. The molecule has 1 saturated heterocycles. The Hall–Kier alpha value is -1.45. The molecule has 1 aliphatic rings. The van der Waals surface area contributed by atoms with Gasteiger partial charge in [0.2, 0.25) is 0 Å². The summed E-state index contributed by atoms with van der Waals surface area (Å²) in [5, 5.41) is 5.17. The predicted molar refractivity (Wildman–Crippen MR) is 64.8 cm³/mol. The highest BCUT2D eigenvalue weighted by atomic mass is 32.1. The molecule has 2 aromatic rings. The average Bonchev–Trinajstić information content (AvgIpc) is 2.95. The Kier molecular flexibility index (Phi) is 2.35. The van der Waals surface area contributed by atoms with Gasteiger partial charge in [0.1, 0.15) is 0 Å². The van der Waals surface area contributed by atoms with Crippen LogP contribution in [0.4, 0.5) is 0 Å². The fraction of sp³-hybridized carbons (Fsp3) is 0.154. The van der Waals surface area contributed by atoms with E-state index in [2.05, 4.69) is 17.4 Å². The van der Waals surface area contributed by atoms with E-state index in [1.165, 1.54) is 16.9 Å². The summed E-state index contributed by atoms with van der Waals surface area (Å²) >= 11 is 1.51. The Balaban J connectivity index is 1.75. The van der Waals surface area contributed by atoms with Crippen molar-refractivity contribution in [1.82, 2.24) is 5.32 Å². The van der Waals surface area contributed by atoms with Gasteiger partial charge in [-0.3, -0.25) is 10.1 Å². The molecule has 2 nitrogen and oxygen atoms in total. The molecule has 3 rings (SSSR count). The predicted octanol–water partition coefficient (Wildman–Crippen LogP) is 2.64. The van der Waals surface area contributed by atoms with E-state index in [0.717, 1.165) is 4.88 Å². The first kappa shape index (κ1) is 9.75. The molecule has 1 aromatic heterocycles. The van der Waals surface area contributed by atoms with E-state index in [1.54, 1.807) is 0 Å². The third-order valence-electron chi connectivity index (χ3n) is 2.79. The van der Waals surface area contributed by atoms with Gasteiger partial charge < -0.3 is 0 Å². The molecule has 3 heteroatoms. The maximum absolute atomic E-state index is 12.0. The van der Waals surface area contributed by atoms with Crippen molar-refractivity contribution in [3.63, 3.8) is 0 Å². The zero-order valence-corrected chi connectivity index (χ0v) is 9.41. The molecule has 2 heterocycles. The minimum atomic E-state index is -0.0268. The SMILES string of the molecule is O=C(c1cccs1)[C@H]1N[C@@H]1c1ccccc1. The number of hydrogen-bond donors (Lipinski definition) is 1. The molecule has 1 aliphatic heterocycles. The number of carbonyl (C=O) groups excluding carboxylic acids is 1. The first-order valence-electron chi connectivity index (χ1n) is 5.25. The van der Waals surface area contributed by atoms with Crippen LogP contribution in [0.15, 0.2) is 47.8 Å². The molecule has 1 fully saturated rings. The molecule has 1 aromatic carbocycles. The highest BCUT2D eigenvalue weighted by Gasteiger charge is 2.43. The van der Waals surface area contributed by atoms with Gasteiger partial charge in [-0.2, -0.15) is 0 Å². The molecule has 1 N–H and O–H groups in total. The number of Topliss-reactive ketones (excluding diaryl/α,β-unsaturated/α-hetero) is 1. The standard InChI is InChI=1S/C13H11NOS/c15-13(10-7-4-8-16-10)12-11(14-12)9-5-2-1-3-6-9/h1-8,11-12,14H/t11-,12+/m1/s1. The quantitative estimate of drug-likeness (QED) is 0.649. The molecular weight excluding hydrogens is 218 g/mol. The lowest BCUT2D eigenvalue weighted by Crippen LogP contribution is -2.08. The molecule has 16 heavy (non-hydrogen) atoms. The van der Waals surface area contributed by atoms with Crippen molar-refractivity contribution in [3.8, 4) is 0 Å². The fourth-order valence-corrected chi connectivity index (χ4v) is 2.59. The van der Waals surface area contributed by atoms with Gasteiger partial charge in [-0.25, -0.2) is 0 Å². The van der Waals surface area contributed by atoms with E-state index in [4.69, 9.17) is 0 Å². The van der Waals surface area contributed by atoms with E-state index in [0.29, 0.717) is 0 Å². The Morgan fingerprint density at radius 1 is 1.12 bits per heavy atom. The second-order valence-electron chi connectivity index (χ2n) is 3.87. The first-order chi connectivity index (χ1) is 7.86. The van der Waals surface area contributed by atoms with Gasteiger partial charge in [0.15, 0.2) is 5.78 Å². The van der Waals surface area contributed by atoms with Crippen LogP contribution in [0.5, 0.6) is 0 Å². The van der Waals surface area contributed by atoms with Crippen LogP contribution in [0.2, 0.25) is 0 Å². The minimum Gasteiger partial charge on any atom is -0.297 e. The van der Waals surface area contributed by atoms with Crippen LogP contribution in [-0.2, 0) is 0 Å². The summed E-state index contributed by atoms with van der Waals surface area (Å²) in [6.45, 7) is 0. The maximum atomic E-state index is 12.0. The molecule has 0 unspecified atom stereocenters. The van der Waals surface area contributed by atoms with Crippen LogP contribution in [0.25, 0.3) is 0 Å². The zero-order valence-electron chi connectivity index (χ0n) is 8.59. The van der Waals surface area contributed by atoms with Crippen molar-refractivity contribution in [2.45, 2.75) is 12.1 Å². The number of thiophene rings is 1. The Labute approximate surface area is 97.9 Å². The molecule has 0 aliphatic carbocycles. The third-order valence-corrected chi connectivity index (χ3v) is 3.67. The van der Waals surface area contributed by atoms with Gasteiger partial charge in [-0.15, -0.1) is 11.3 Å². The lowest BCUT2D eigenvalue weighted by atomic mass is 10.1. The zero-order chi connectivity index (χ0) is 11.0. The molecule has 80 valence electrons. The summed E-state index contributed by atoms with van der Waals surface area (Å²) in [5.74, 6) is 0.212. The van der Waals surface area contributed by atoms with Crippen molar-refractivity contribution in [3.05, 3.63) is 58.3 Å². The topological polar surface area (TPSA) is 39.0 Å². The second kappa shape index (κ2) is 3.85. The van der Waals surface area contributed by atoms with Crippen molar-refractivity contribution in [2.75, 3.05) is 0 Å². The van der Waals surface area contributed by atoms with Gasteiger partial charge in [-0.1, -0.05) is 36.4 Å². The summed E-state index contributed by atoms with van der Waals surface area (Å²) < 4.78 is 0. The number of ketones is 1. The number of nitrogens with one attached hydrogen (secondary N) is 1. The Morgan fingerprint density at radius 2 is 1.94 bits per heavy atom. The van der Waals surface area contributed by atoms with Gasteiger partial charge in [-0.05, 0) is 17.0 Å². The van der Waals surface area contributed by atoms with Crippen molar-refractivity contribution < 1.29 is 4.79 Å². The molecule has 0 saturated carbocycles. The number of hydrogen-bond acceptors (Lipinski definition) is 3. The Bertz CT molecular complexity index is 492. The molecule has 2 atom stereocenters. The van der Waals surface area contributed by atoms with Crippen molar-refractivity contribution in [2.24, 2.45) is 0 Å². The van der Waals surface area contributed by atoms with Crippen molar-refractivity contribution >= 4 is 17.1 Å². The van der Waals surface area contributed by atoms with Crippen LogP contribution < -0.4 is 5.32 Å². The highest BCUT2D eigenvalue weighted by Crippen LogP contribution is 2.32. The maximum Gasteiger partial charge on any atom is 0.191 e. The smallest absolute Gasteiger partial charge is 0.191 e. The van der Waals surface area contributed by atoms with E-state index in [1.807, 2.05) is 35.7 Å². The monoisotopic (exact) mass is 229 g/mol. The lowest BCUT2D eigenvalue weighted by molar-refractivity contribution is 0.0992. The first-order valence-corrected chi connectivity index (χ1v) is 6.13. The van der Waals surface area contributed by atoms with Crippen LogP contribution in [-0.4, -0.2) is 11.8 Å². The number of benzene rings is 1. The van der Waals surface area contributed by atoms with Gasteiger partial charge >= 0.3 is 0 Å². The number of rotatable bonds is 3. The normalized spacial score (nSPS) is 23.0. The highest BCUT2D eigenvalue weighted by molar-refractivity contribution is 7.12. The molecule has 0 bridgehead atoms. The Morgan fingerprint density at radius 3 is 2.62 bits per heavy atom. The van der Waals surface area contributed by atoms with E-state index in [-0.39, 0.29) is 17.9 Å². The second-order valence-corrected chi connectivity index (χ2v) is 4.82. The summed E-state index contributed by atoms with van der Waals surface area (Å²) in [5.41, 5.74) is 1.19. The summed E-state index contributed by atoms with van der Waals surface area (Å²) in [4.78, 5) is 12.8. The minimum absolute atomic E-state index is 0.0268. The fourth-order valence-electron chi connectivity index (χ4n) is 1.89. The van der Waals surface area contributed by atoms with Crippen LogP contribution >= 0.6 is 11.3 Å². The molecule has 0 radical (unpaired) electrons. The van der Waals surface area contributed by atoms with Gasteiger partial charge in [0.05, 0.1) is 17.0 Å². The summed E-state index contributed by atoms with van der Waals surface area (Å²) in [6.07, 6.45) is 0. The van der Waals surface area contributed by atoms with Crippen molar-refractivity contribution in [1.29, 1.82) is 0 Å². The van der Waals surface area contributed by atoms with E-state index < -0.39 is 0 Å². The summed E-state index contributed by atoms with van der Waals surface area (Å²) in [6, 6.07) is 14.1. The molecule has 0 amide bonds. The number of carbonyl (C=O) groups is 1. The van der Waals surface area contributed by atoms with Crippen LogP contribution in [0, 0.1) is 0 Å². The van der Waals surface area contributed by atoms with E-state index >= 15 is 0 Å². The largest absolute Gasteiger partial charge is 0.297 e. The van der Waals surface area contributed by atoms with Gasteiger partial charge in [0.25, 0.3) is 0 Å². The third kappa shape index (κ3) is 1.68. The molecule has 0 spiro atoms. The molecular formula is C13H11NOS. The van der Waals surface area contributed by atoms with E-state index in [9.17, 15) is 4.79 Å². The summed E-state index contributed by atoms with van der Waals surface area (Å²) in [7, 11) is 0. The van der Waals surface area contributed by atoms with Crippen LogP contribution in [0.3, 0.4) is 0 Å².